The van der Waals surface area contributed by atoms with Gasteiger partial charge in [-0.3, -0.25) is 4.68 Å². The van der Waals surface area contributed by atoms with Crippen LogP contribution in [-0.4, -0.2) is 18.2 Å². The summed E-state index contributed by atoms with van der Waals surface area (Å²) in [7, 11) is -3.75. The molecule has 0 unspecified atom stereocenters. The van der Waals surface area contributed by atoms with Gasteiger partial charge in [0.1, 0.15) is 6.54 Å². The van der Waals surface area contributed by atoms with E-state index >= 15 is 0 Å². The lowest BCUT2D eigenvalue weighted by atomic mass is 10.0. The average Bonchev–Trinajstić information content (AvgIpc) is 3.23. The van der Waals surface area contributed by atoms with E-state index in [1.54, 1.807) is 18.3 Å². The Balaban J connectivity index is 1.53. The van der Waals surface area contributed by atoms with E-state index in [2.05, 4.69) is 53.3 Å². The van der Waals surface area contributed by atoms with Crippen molar-refractivity contribution in [3.63, 3.8) is 0 Å². The molecule has 0 fully saturated rings. The van der Waals surface area contributed by atoms with Crippen LogP contribution in [-0.2, 0) is 16.6 Å². The van der Waals surface area contributed by atoms with Crippen molar-refractivity contribution >= 4 is 10.0 Å². The highest BCUT2D eigenvalue weighted by molar-refractivity contribution is 7.89. The molecule has 148 valence electrons. The number of aromatic nitrogens is 2. The van der Waals surface area contributed by atoms with Crippen molar-refractivity contribution in [3.8, 4) is 34.2 Å². The van der Waals surface area contributed by atoms with E-state index in [9.17, 15) is 8.42 Å². The van der Waals surface area contributed by atoms with Crippen LogP contribution in [0.15, 0.2) is 96.0 Å². The van der Waals surface area contributed by atoms with Crippen molar-refractivity contribution in [1.29, 1.82) is 0 Å². The second-order valence-corrected chi connectivity index (χ2v) is 8.25. The lowest BCUT2D eigenvalue weighted by Gasteiger charge is -2.06. The van der Waals surface area contributed by atoms with E-state index in [1.807, 2.05) is 28.9 Å². The van der Waals surface area contributed by atoms with Gasteiger partial charge in [0.15, 0.2) is 0 Å². The summed E-state index contributed by atoms with van der Waals surface area (Å²) in [4.78, 5) is 0.0487. The minimum Gasteiger partial charge on any atom is -0.253 e. The third-order valence-corrected chi connectivity index (χ3v) is 5.54. The Morgan fingerprint density at radius 2 is 1.53 bits per heavy atom. The van der Waals surface area contributed by atoms with Crippen LogP contribution >= 0.6 is 0 Å². The topological polar surface area (TPSA) is 78.0 Å². The van der Waals surface area contributed by atoms with E-state index in [-0.39, 0.29) is 4.90 Å². The van der Waals surface area contributed by atoms with Crippen molar-refractivity contribution in [3.05, 3.63) is 96.7 Å². The maximum absolute atomic E-state index is 11.5. The zero-order valence-electron chi connectivity index (χ0n) is 16.1. The van der Waals surface area contributed by atoms with Gasteiger partial charge in [0.05, 0.1) is 10.6 Å². The Kier molecular flexibility index (Phi) is 5.48. The molecule has 0 atom stereocenters. The summed E-state index contributed by atoms with van der Waals surface area (Å²) >= 11 is 0. The minimum absolute atomic E-state index is 0.0487. The van der Waals surface area contributed by atoms with Gasteiger partial charge in [-0.2, -0.15) is 5.10 Å². The lowest BCUT2D eigenvalue weighted by Crippen LogP contribution is -2.12. The Morgan fingerprint density at radius 3 is 2.27 bits per heavy atom. The van der Waals surface area contributed by atoms with Crippen molar-refractivity contribution in [1.82, 2.24) is 9.78 Å². The number of rotatable bonds is 4. The predicted molar refractivity (Wildman–Crippen MR) is 118 cm³/mol. The van der Waals surface area contributed by atoms with Crippen LogP contribution < -0.4 is 5.14 Å². The molecule has 0 aliphatic rings. The second-order valence-electron chi connectivity index (χ2n) is 6.69. The molecule has 0 saturated carbocycles. The highest BCUT2D eigenvalue weighted by Crippen LogP contribution is 2.24. The van der Waals surface area contributed by atoms with Gasteiger partial charge >= 0.3 is 0 Å². The van der Waals surface area contributed by atoms with Crippen LogP contribution in [0, 0.1) is 11.8 Å². The number of primary sulfonamides is 1. The maximum Gasteiger partial charge on any atom is 0.238 e. The highest BCUT2D eigenvalue weighted by atomic mass is 32.2. The molecule has 0 bridgehead atoms. The summed E-state index contributed by atoms with van der Waals surface area (Å²) in [5, 5.41) is 9.53. The molecule has 0 saturated heterocycles. The molecule has 0 spiro atoms. The first-order chi connectivity index (χ1) is 14.5. The lowest BCUT2D eigenvalue weighted by molar-refractivity contribution is 0.598. The summed E-state index contributed by atoms with van der Waals surface area (Å²) in [6.07, 6.45) is 1.74. The van der Waals surface area contributed by atoms with Gasteiger partial charge in [-0.15, -0.1) is 0 Å². The van der Waals surface area contributed by atoms with E-state index < -0.39 is 10.0 Å². The summed E-state index contributed by atoms with van der Waals surface area (Å²) in [5.41, 5.74) is 4.92. The number of benzene rings is 3. The average molecular weight is 414 g/mol. The molecule has 0 aliphatic carbocycles. The van der Waals surface area contributed by atoms with Gasteiger partial charge in [-0.05, 0) is 41.0 Å². The van der Waals surface area contributed by atoms with Gasteiger partial charge in [0.2, 0.25) is 10.0 Å². The molecule has 0 radical (unpaired) electrons. The Hall–Kier alpha value is -3.66. The van der Waals surface area contributed by atoms with Crippen molar-refractivity contribution in [2.75, 3.05) is 0 Å². The molecule has 0 aliphatic heterocycles. The molecule has 6 heteroatoms. The molecule has 0 amide bonds. The van der Waals surface area contributed by atoms with E-state index in [0.717, 1.165) is 16.8 Å². The molecule has 2 N–H and O–H groups in total. The van der Waals surface area contributed by atoms with E-state index in [0.29, 0.717) is 12.1 Å². The van der Waals surface area contributed by atoms with E-state index in [1.165, 1.54) is 17.7 Å². The number of nitrogens with two attached hydrogens (primary N) is 1. The molecule has 1 heterocycles. The van der Waals surface area contributed by atoms with Gasteiger partial charge < -0.3 is 0 Å². The van der Waals surface area contributed by atoms with Gasteiger partial charge in [-0.25, -0.2) is 13.6 Å². The fraction of sp³-hybridized carbons (Fsp3) is 0.0417. The van der Waals surface area contributed by atoms with Crippen LogP contribution in [0.1, 0.15) is 5.56 Å². The molecule has 4 aromatic rings. The van der Waals surface area contributed by atoms with Crippen LogP contribution in [0.25, 0.3) is 22.4 Å². The number of hydrogen-bond donors (Lipinski definition) is 1. The van der Waals surface area contributed by atoms with Crippen molar-refractivity contribution in [2.24, 2.45) is 5.14 Å². The second kappa shape index (κ2) is 8.37. The number of hydrogen-bond acceptors (Lipinski definition) is 3. The third-order valence-electron chi connectivity index (χ3n) is 4.63. The number of sulfonamides is 1. The summed E-state index contributed by atoms with van der Waals surface area (Å²) in [6, 6.07) is 26.8. The summed E-state index contributed by atoms with van der Waals surface area (Å²) < 4.78 is 24.8. The summed E-state index contributed by atoms with van der Waals surface area (Å²) in [6.45, 7) is 0.377. The molecular formula is C24H19N3O2S. The first kappa shape index (κ1) is 19.6. The third kappa shape index (κ3) is 4.49. The van der Waals surface area contributed by atoms with Gasteiger partial charge in [0, 0.05) is 11.8 Å². The highest BCUT2D eigenvalue weighted by Gasteiger charge is 2.07. The monoisotopic (exact) mass is 413 g/mol. The molecule has 30 heavy (non-hydrogen) atoms. The molecule has 4 rings (SSSR count). The summed E-state index contributed by atoms with van der Waals surface area (Å²) in [5.74, 6) is 6.02. The Bertz CT molecular complexity index is 1330. The standard InChI is InChI=1S/C24H19N3O2S/c25-30(28,29)23-10-4-6-19(18-23)7-5-17-27-24(15-16-26-27)22-13-11-21(12-14-22)20-8-2-1-3-9-20/h1-4,6,8-16,18H,17H2,(H2,25,28,29). The van der Waals surface area contributed by atoms with Crippen LogP contribution in [0.2, 0.25) is 0 Å². The maximum atomic E-state index is 11.5. The van der Waals surface area contributed by atoms with Crippen molar-refractivity contribution in [2.45, 2.75) is 11.4 Å². The quantitative estimate of drug-likeness (QED) is 0.515. The molecule has 1 aromatic heterocycles. The predicted octanol–water partition coefficient (Wildman–Crippen LogP) is 3.92. The van der Waals surface area contributed by atoms with Crippen LogP contribution in [0.4, 0.5) is 0 Å². The molecule has 5 nitrogen and oxygen atoms in total. The smallest absolute Gasteiger partial charge is 0.238 e. The Morgan fingerprint density at radius 1 is 0.833 bits per heavy atom. The van der Waals surface area contributed by atoms with Gasteiger partial charge in [0.25, 0.3) is 0 Å². The van der Waals surface area contributed by atoms with Crippen LogP contribution in [0.3, 0.4) is 0 Å². The first-order valence-corrected chi connectivity index (χ1v) is 10.8. The van der Waals surface area contributed by atoms with Gasteiger partial charge in [-0.1, -0.05) is 72.5 Å². The SMILES string of the molecule is NS(=O)(=O)c1cccc(C#CCn2nccc2-c2ccc(-c3ccccc3)cc2)c1. The fourth-order valence-electron chi connectivity index (χ4n) is 3.14. The first-order valence-electron chi connectivity index (χ1n) is 9.30. The zero-order chi connectivity index (χ0) is 21.0. The normalized spacial score (nSPS) is 11.0. The zero-order valence-corrected chi connectivity index (χ0v) is 16.9. The molecule has 3 aromatic carbocycles. The fourth-order valence-corrected chi connectivity index (χ4v) is 3.69. The largest absolute Gasteiger partial charge is 0.253 e. The molecular weight excluding hydrogens is 394 g/mol. The van der Waals surface area contributed by atoms with Crippen LogP contribution in [0.5, 0.6) is 0 Å². The van der Waals surface area contributed by atoms with E-state index in [4.69, 9.17) is 5.14 Å². The Labute approximate surface area is 175 Å². The minimum atomic E-state index is -3.75. The number of nitrogens with zero attached hydrogens (tertiary/aromatic N) is 2. The van der Waals surface area contributed by atoms with Crippen molar-refractivity contribution < 1.29 is 8.42 Å².